The number of unbranched alkanes of at least 4 members (excludes halogenated alkanes) is 35. The summed E-state index contributed by atoms with van der Waals surface area (Å²) < 4.78 is 68.4. The SMILES string of the molecule is CCC(C)CCCCCCCCC(=O)OC[C@H](COP(=O)(O)OC[C@H](O)COP(=O)(O)OC[C@@H](COC(=O)CCCCCCCCCCCC(C)C)OC(=O)CCCCCCCCCCCCCCCCCCCCC(C)C)OC(=O)CCCCCCCCC(C)CC. The normalized spacial score (nSPS) is 14.8. The van der Waals surface area contributed by atoms with Crippen molar-refractivity contribution in [3.63, 3.8) is 0 Å². The van der Waals surface area contributed by atoms with E-state index in [9.17, 15) is 43.2 Å². The largest absolute Gasteiger partial charge is 0.472 e. The molecule has 0 amide bonds. The van der Waals surface area contributed by atoms with Crippen LogP contribution in [0.15, 0.2) is 0 Å². The molecule has 0 bridgehead atoms. The number of aliphatic hydroxyl groups is 1. The van der Waals surface area contributed by atoms with E-state index in [1.807, 2.05) is 0 Å². The zero-order valence-corrected chi connectivity index (χ0v) is 62.7. The summed E-state index contributed by atoms with van der Waals surface area (Å²) in [6.45, 7) is 14.1. The Morgan fingerprint density at radius 2 is 0.516 bits per heavy atom. The molecule has 0 aliphatic heterocycles. The number of hydrogen-bond donors (Lipinski definition) is 3. The van der Waals surface area contributed by atoms with Gasteiger partial charge in [0.2, 0.25) is 0 Å². The van der Waals surface area contributed by atoms with Crippen LogP contribution >= 0.6 is 15.6 Å². The molecule has 0 fully saturated rings. The van der Waals surface area contributed by atoms with Crippen LogP contribution in [0.1, 0.15) is 370 Å². The topological polar surface area (TPSA) is 237 Å². The lowest BCUT2D eigenvalue weighted by atomic mass is 10.00. The molecule has 4 unspecified atom stereocenters. The Morgan fingerprint density at radius 3 is 0.763 bits per heavy atom. The van der Waals surface area contributed by atoms with E-state index in [1.165, 1.54) is 167 Å². The minimum absolute atomic E-state index is 0.102. The lowest BCUT2D eigenvalue weighted by Crippen LogP contribution is -2.30. The fraction of sp³-hybridized carbons (Fsp3) is 0.946. The van der Waals surface area contributed by atoms with Crippen LogP contribution in [0.2, 0.25) is 0 Å². The number of carbonyl (C=O) groups is 4. The highest BCUT2D eigenvalue weighted by atomic mass is 31.2. The van der Waals surface area contributed by atoms with Gasteiger partial charge in [-0.15, -0.1) is 0 Å². The van der Waals surface area contributed by atoms with Gasteiger partial charge in [0.15, 0.2) is 12.2 Å². The molecule has 93 heavy (non-hydrogen) atoms. The standard InChI is InChI=1S/C74H144O17P2/c1-9-66(7)52-44-36-30-32-39-47-55-72(77)85-61-70(91-74(79)57-49-41-33-31-37-45-53-67(8)10-2)63-89-93(82,83)87-59-68(75)58-86-92(80,81)88-62-69(60-84-71(76)54-46-38-28-25-21-23-27-35-43-51-65(5)6)90-73(78)56-48-40-29-24-20-18-16-14-12-11-13-15-17-19-22-26-34-42-50-64(3)4/h64-70,75H,9-63H2,1-8H3,(H,80,81)(H,82,83)/t66?,67?,68-,69-,70-/m1/s1. The van der Waals surface area contributed by atoms with Crippen molar-refractivity contribution in [3.8, 4) is 0 Å². The molecule has 0 aliphatic rings. The fourth-order valence-electron chi connectivity index (χ4n) is 11.1. The molecule has 0 aromatic carbocycles. The van der Waals surface area contributed by atoms with E-state index in [2.05, 4.69) is 55.4 Å². The third kappa shape index (κ3) is 65.8. The molecule has 17 nitrogen and oxygen atoms in total. The number of aliphatic hydroxyl groups excluding tert-OH is 1. The van der Waals surface area contributed by atoms with Crippen LogP contribution in [0.5, 0.6) is 0 Å². The zero-order chi connectivity index (χ0) is 68.9. The van der Waals surface area contributed by atoms with Crippen molar-refractivity contribution < 1.29 is 80.2 Å². The molecule has 0 aromatic rings. The molecule has 0 saturated carbocycles. The lowest BCUT2D eigenvalue weighted by molar-refractivity contribution is -0.161. The first-order chi connectivity index (χ1) is 44.7. The summed E-state index contributed by atoms with van der Waals surface area (Å²) in [5.41, 5.74) is 0. The molecule has 3 N–H and O–H groups in total. The number of hydrogen-bond acceptors (Lipinski definition) is 15. The van der Waals surface area contributed by atoms with E-state index in [1.54, 1.807) is 0 Å². The Kier molecular flexibility index (Phi) is 62.2. The second kappa shape index (κ2) is 63.5. The van der Waals surface area contributed by atoms with Crippen molar-refractivity contribution in [3.05, 3.63) is 0 Å². The number of phosphoric ester groups is 2. The van der Waals surface area contributed by atoms with Gasteiger partial charge in [-0.3, -0.25) is 37.3 Å². The van der Waals surface area contributed by atoms with Gasteiger partial charge >= 0.3 is 39.5 Å². The second-order valence-corrected chi connectivity index (χ2v) is 31.0. The summed E-state index contributed by atoms with van der Waals surface area (Å²) in [6, 6.07) is 0. The van der Waals surface area contributed by atoms with E-state index in [0.717, 1.165) is 120 Å². The van der Waals surface area contributed by atoms with Crippen LogP contribution in [0.3, 0.4) is 0 Å². The van der Waals surface area contributed by atoms with Crippen LogP contribution in [-0.4, -0.2) is 96.7 Å². The average Bonchev–Trinajstić information content (AvgIpc) is 3.24. The Labute approximate surface area is 568 Å². The summed E-state index contributed by atoms with van der Waals surface area (Å²) in [7, 11) is -9.91. The fourth-order valence-corrected chi connectivity index (χ4v) is 12.7. The van der Waals surface area contributed by atoms with Gasteiger partial charge in [-0.1, -0.05) is 319 Å². The minimum atomic E-state index is -4.96. The van der Waals surface area contributed by atoms with Gasteiger partial charge in [-0.05, 0) is 49.4 Å². The van der Waals surface area contributed by atoms with Crippen LogP contribution in [0.25, 0.3) is 0 Å². The van der Waals surface area contributed by atoms with Crippen molar-refractivity contribution in [2.75, 3.05) is 39.6 Å². The van der Waals surface area contributed by atoms with Gasteiger partial charge in [0, 0.05) is 25.7 Å². The zero-order valence-electron chi connectivity index (χ0n) is 60.9. The summed E-state index contributed by atoms with van der Waals surface area (Å²) in [4.78, 5) is 72.6. The highest BCUT2D eigenvalue weighted by Crippen LogP contribution is 2.45. The summed E-state index contributed by atoms with van der Waals surface area (Å²) in [5, 5.41) is 10.6. The first-order valence-corrected chi connectivity index (χ1v) is 41.3. The maximum atomic E-state index is 13.1. The van der Waals surface area contributed by atoms with E-state index in [-0.39, 0.29) is 25.7 Å². The lowest BCUT2D eigenvalue weighted by Gasteiger charge is -2.21. The van der Waals surface area contributed by atoms with Gasteiger partial charge in [0.05, 0.1) is 26.4 Å². The number of ether oxygens (including phenoxy) is 4. The van der Waals surface area contributed by atoms with Gasteiger partial charge in [0.1, 0.15) is 19.3 Å². The molecule has 0 radical (unpaired) electrons. The molecular weight excluding hydrogens is 1220 g/mol. The van der Waals surface area contributed by atoms with Gasteiger partial charge < -0.3 is 33.8 Å². The molecule has 0 spiro atoms. The molecule has 0 saturated heterocycles. The smallest absolute Gasteiger partial charge is 0.462 e. The monoisotopic (exact) mass is 1370 g/mol. The van der Waals surface area contributed by atoms with Crippen LogP contribution in [0.4, 0.5) is 0 Å². The number of phosphoric acid groups is 2. The van der Waals surface area contributed by atoms with Gasteiger partial charge in [0.25, 0.3) is 0 Å². The van der Waals surface area contributed by atoms with Crippen molar-refractivity contribution >= 4 is 39.5 Å². The highest BCUT2D eigenvalue weighted by molar-refractivity contribution is 7.47. The Bertz CT molecular complexity index is 1840. The van der Waals surface area contributed by atoms with Crippen molar-refractivity contribution in [1.82, 2.24) is 0 Å². The van der Waals surface area contributed by atoms with Gasteiger partial charge in [-0.25, -0.2) is 9.13 Å². The minimum Gasteiger partial charge on any atom is -0.462 e. The summed E-state index contributed by atoms with van der Waals surface area (Å²) in [5.74, 6) is 0.886. The average molecular weight is 1370 g/mol. The van der Waals surface area contributed by atoms with Gasteiger partial charge in [-0.2, -0.15) is 0 Å². The molecule has 0 aliphatic carbocycles. The Morgan fingerprint density at radius 1 is 0.301 bits per heavy atom. The number of rotatable bonds is 71. The maximum absolute atomic E-state index is 13.1. The Balaban J connectivity index is 5.19. The third-order valence-electron chi connectivity index (χ3n) is 17.8. The van der Waals surface area contributed by atoms with E-state index in [4.69, 9.17) is 37.0 Å². The third-order valence-corrected chi connectivity index (χ3v) is 19.7. The molecular formula is C74H144O17P2. The summed E-state index contributed by atoms with van der Waals surface area (Å²) >= 11 is 0. The van der Waals surface area contributed by atoms with E-state index >= 15 is 0 Å². The van der Waals surface area contributed by atoms with Crippen LogP contribution in [-0.2, 0) is 65.4 Å². The quantitative estimate of drug-likeness (QED) is 0.0222. The predicted molar refractivity (Wildman–Crippen MR) is 377 cm³/mol. The van der Waals surface area contributed by atoms with Crippen molar-refractivity contribution in [2.24, 2.45) is 23.7 Å². The molecule has 0 rings (SSSR count). The second-order valence-electron chi connectivity index (χ2n) is 28.1. The van der Waals surface area contributed by atoms with Crippen LogP contribution < -0.4 is 0 Å². The maximum Gasteiger partial charge on any atom is 0.472 e. The molecule has 0 heterocycles. The molecule has 552 valence electrons. The van der Waals surface area contributed by atoms with E-state index in [0.29, 0.717) is 25.7 Å². The Hall–Kier alpha value is -1.94. The van der Waals surface area contributed by atoms with Crippen LogP contribution in [0, 0.1) is 23.7 Å². The highest BCUT2D eigenvalue weighted by Gasteiger charge is 2.30. The van der Waals surface area contributed by atoms with Crippen molar-refractivity contribution in [2.45, 2.75) is 388 Å². The number of esters is 4. The molecule has 19 heteroatoms. The van der Waals surface area contributed by atoms with Crippen molar-refractivity contribution in [1.29, 1.82) is 0 Å². The predicted octanol–water partition coefficient (Wildman–Crippen LogP) is 21.3. The first-order valence-electron chi connectivity index (χ1n) is 38.3. The molecule has 0 aromatic heterocycles. The number of carbonyl (C=O) groups excluding carboxylic acids is 4. The summed E-state index contributed by atoms with van der Waals surface area (Å²) in [6.07, 6.45) is 47.4. The first kappa shape index (κ1) is 91.1. The van der Waals surface area contributed by atoms with E-state index < -0.39 is 97.5 Å². The molecule has 7 atom stereocenters.